The third-order valence-corrected chi connectivity index (χ3v) is 8.30. The van der Waals surface area contributed by atoms with Crippen LogP contribution in [0, 0.1) is 19.8 Å². The lowest BCUT2D eigenvalue weighted by Gasteiger charge is -2.45. The number of carbonyl (C=O) groups is 2. The van der Waals surface area contributed by atoms with Gasteiger partial charge in [-0.3, -0.25) is 9.59 Å². The van der Waals surface area contributed by atoms with Crippen molar-refractivity contribution in [2.45, 2.75) is 37.0 Å². The van der Waals surface area contributed by atoms with Crippen molar-refractivity contribution in [2.24, 2.45) is 5.92 Å². The van der Waals surface area contributed by atoms with Crippen molar-refractivity contribution in [2.75, 3.05) is 0 Å². The van der Waals surface area contributed by atoms with Crippen LogP contribution in [-0.4, -0.2) is 22.2 Å². The van der Waals surface area contributed by atoms with E-state index >= 15 is 0 Å². The number of nitrogens with one attached hydrogen (secondary N) is 1. The number of thioether (sulfide) groups is 1. The molecule has 5 rings (SSSR count). The van der Waals surface area contributed by atoms with Crippen LogP contribution in [0.25, 0.3) is 0 Å². The molecule has 1 aliphatic rings. The third-order valence-electron chi connectivity index (χ3n) is 6.58. The Morgan fingerprint density at radius 3 is 1.78 bits per heavy atom. The highest BCUT2D eigenvalue weighted by molar-refractivity contribution is 8.01. The van der Waals surface area contributed by atoms with Crippen LogP contribution >= 0.6 is 11.8 Å². The van der Waals surface area contributed by atoms with Crippen molar-refractivity contribution in [3.8, 4) is 0 Å². The van der Waals surface area contributed by atoms with Gasteiger partial charge in [-0.2, -0.15) is 0 Å². The van der Waals surface area contributed by atoms with Gasteiger partial charge in [0.05, 0.1) is 15.8 Å². The van der Waals surface area contributed by atoms with Gasteiger partial charge in [-0.25, -0.2) is 4.98 Å². The Morgan fingerprint density at radius 2 is 1.41 bits per heavy atom. The number of hydrogen-bond acceptors (Lipinski definition) is 6. The molecule has 0 spiro atoms. The van der Waals surface area contributed by atoms with E-state index in [2.05, 4.69) is 46.7 Å². The number of hydrogen-bond donors (Lipinski definition) is 1. The first-order valence-corrected chi connectivity index (χ1v) is 13.0. The fourth-order valence-electron chi connectivity index (χ4n) is 4.96. The highest BCUT2D eigenvalue weighted by atomic mass is 32.2. The monoisotopic (exact) mass is 512 g/mol. The molecule has 188 valence electrons. The van der Waals surface area contributed by atoms with Crippen molar-refractivity contribution in [3.63, 3.8) is 0 Å². The summed E-state index contributed by atoms with van der Waals surface area (Å²) in [6.45, 7) is 4.87. The van der Waals surface area contributed by atoms with E-state index in [9.17, 15) is 9.59 Å². The van der Waals surface area contributed by atoms with Crippen molar-refractivity contribution in [1.82, 2.24) is 10.3 Å². The molecule has 1 fully saturated rings. The van der Waals surface area contributed by atoms with Gasteiger partial charge in [-0.05, 0) is 23.6 Å². The third kappa shape index (κ3) is 4.67. The van der Waals surface area contributed by atoms with Gasteiger partial charge in [-0.1, -0.05) is 91.0 Å². The van der Waals surface area contributed by atoms with E-state index in [1.54, 1.807) is 25.6 Å². The largest absolute Gasteiger partial charge is 0.453 e. The smallest absolute Gasteiger partial charge is 0.303 e. The molecule has 1 N–H and O–H groups in total. The van der Waals surface area contributed by atoms with Gasteiger partial charge in [-0.15, -0.1) is 11.8 Å². The van der Waals surface area contributed by atoms with E-state index in [1.807, 2.05) is 54.6 Å². The van der Waals surface area contributed by atoms with Crippen molar-refractivity contribution in [3.05, 3.63) is 125 Å². The summed E-state index contributed by atoms with van der Waals surface area (Å²) in [5.41, 5.74) is 3.83. The second-order valence-electron chi connectivity index (χ2n) is 9.06. The van der Waals surface area contributed by atoms with E-state index in [1.165, 1.54) is 6.92 Å². The zero-order valence-corrected chi connectivity index (χ0v) is 21.7. The molecule has 3 aromatic carbocycles. The van der Waals surface area contributed by atoms with Gasteiger partial charge in [0, 0.05) is 13.8 Å². The first-order valence-electron chi connectivity index (χ1n) is 12.2. The summed E-state index contributed by atoms with van der Waals surface area (Å²) in [6.07, 6.45) is -0.884. The molecule has 4 aromatic rings. The molecule has 6 nitrogen and oxygen atoms in total. The van der Waals surface area contributed by atoms with E-state index in [0.717, 1.165) is 16.7 Å². The van der Waals surface area contributed by atoms with Crippen molar-refractivity contribution < 1.29 is 18.7 Å². The minimum Gasteiger partial charge on any atom is -0.453 e. The average molecular weight is 513 g/mol. The Kier molecular flexibility index (Phi) is 6.89. The maximum absolute atomic E-state index is 13.1. The zero-order chi connectivity index (χ0) is 26.0. The summed E-state index contributed by atoms with van der Waals surface area (Å²) >= 11 is 1.63. The number of rotatable bonds is 8. The number of benzene rings is 3. The summed E-state index contributed by atoms with van der Waals surface area (Å²) in [6, 6.07) is 30.8. The number of aryl methyl sites for hydroxylation is 2. The predicted molar refractivity (Wildman–Crippen MR) is 143 cm³/mol. The number of nitrogens with zero attached hydrogens (tertiary/aromatic N) is 1. The molecule has 3 atom stereocenters. The van der Waals surface area contributed by atoms with Crippen LogP contribution in [0.5, 0.6) is 0 Å². The number of amides is 1. The van der Waals surface area contributed by atoms with Crippen LogP contribution in [0.2, 0.25) is 0 Å². The Bertz CT molecular complexity index is 1290. The molecule has 1 aliphatic heterocycles. The number of aromatic nitrogens is 1. The first-order chi connectivity index (χ1) is 17.9. The quantitative estimate of drug-likeness (QED) is 0.185. The molecule has 3 unspecified atom stereocenters. The van der Waals surface area contributed by atoms with E-state index in [4.69, 9.17) is 9.15 Å². The standard InChI is InChI=1S/C30H28N2O4S/c1-19-26(35-20(2)31-19)27(36-21(3)33)25-28(34)32-29(25)37-30(22-13-7-4-8-14-22,23-15-9-5-10-16-23)24-17-11-6-12-18-24/h4-18,25,27,29H,1-3H3,(H,32,34). The van der Waals surface area contributed by atoms with Crippen LogP contribution in [0.15, 0.2) is 95.4 Å². The number of oxazole rings is 1. The molecule has 7 heteroatoms. The molecule has 0 saturated carbocycles. The lowest BCUT2D eigenvalue weighted by atomic mass is 9.84. The summed E-state index contributed by atoms with van der Waals surface area (Å²) in [5.74, 6) is -0.471. The highest BCUT2D eigenvalue weighted by Gasteiger charge is 2.53. The second kappa shape index (κ2) is 10.3. The van der Waals surface area contributed by atoms with Gasteiger partial charge < -0.3 is 14.5 Å². The predicted octanol–water partition coefficient (Wildman–Crippen LogP) is 5.69. The van der Waals surface area contributed by atoms with Gasteiger partial charge in [0.25, 0.3) is 0 Å². The number of esters is 1. The molecule has 1 saturated heterocycles. The number of ether oxygens (including phenoxy) is 1. The van der Waals surface area contributed by atoms with Crippen LogP contribution in [-0.2, 0) is 19.1 Å². The number of β-lactam (4-membered cyclic amide) rings is 1. The fraction of sp³-hybridized carbons (Fsp3) is 0.233. The van der Waals surface area contributed by atoms with Gasteiger partial charge in [0.15, 0.2) is 17.8 Å². The molecule has 1 amide bonds. The zero-order valence-electron chi connectivity index (χ0n) is 20.9. The normalized spacial score (nSPS) is 18.0. The van der Waals surface area contributed by atoms with Gasteiger partial charge >= 0.3 is 5.97 Å². The Morgan fingerprint density at radius 1 is 0.919 bits per heavy atom. The molecule has 2 heterocycles. The van der Waals surface area contributed by atoms with E-state index in [0.29, 0.717) is 17.3 Å². The fourth-order valence-corrected chi connectivity index (χ4v) is 6.74. The molecular formula is C30H28N2O4S. The second-order valence-corrected chi connectivity index (χ2v) is 10.4. The van der Waals surface area contributed by atoms with Crippen molar-refractivity contribution >= 4 is 23.6 Å². The van der Waals surface area contributed by atoms with Crippen LogP contribution in [0.1, 0.15) is 47.1 Å². The Labute approximate surface area is 220 Å². The topological polar surface area (TPSA) is 81.4 Å². The Hall–Kier alpha value is -3.84. The molecule has 0 aliphatic carbocycles. The van der Waals surface area contributed by atoms with Crippen LogP contribution in [0.4, 0.5) is 0 Å². The summed E-state index contributed by atoms with van der Waals surface area (Å²) in [4.78, 5) is 29.6. The first kappa shape index (κ1) is 24.8. The van der Waals surface area contributed by atoms with E-state index < -0.39 is 22.7 Å². The van der Waals surface area contributed by atoms with Crippen molar-refractivity contribution in [1.29, 1.82) is 0 Å². The molecule has 37 heavy (non-hydrogen) atoms. The summed E-state index contributed by atoms with van der Waals surface area (Å²) < 4.78 is 10.9. The lowest BCUT2D eigenvalue weighted by Crippen LogP contribution is -2.60. The molecular weight excluding hydrogens is 484 g/mol. The molecule has 0 bridgehead atoms. The van der Waals surface area contributed by atoms with Gasteiger partial charge in [0.1, 0.15) is 5.92 Å². The summed E-state index contributed by atoms with van der Waals surface area (Å²) in [5, 5.41) is 2.70. The van der Waals surface area contributed by atoms with Crippen LogP contribution in [0.3, 0.4) is 0 Å². The Balaban J connectivity index is 1.64. The molecule has 0 radical (unpaired) electrons. The lowest BCUT2D eigenvalue weighted by molar-refractivity contribution is -0.157. The SMILES string of the molecule is CC(=O)OC(c1oc(C)nc1C)C1C(=O)NC1SC(c1ccccc1)(c1ccccc1)c1ccccc1. The van der Waals surface area contributed by atoms with E-state index in [-0.39, 0.29) is 11.3 Å². The summed E-state index contributed by atoms with van der Waals surface area (Å²) in [7, 11) is 0. The maximum atomic E-state index is 13.1. The molecule has 1 aromatic heterocycles. The van der Waals surface area contributed by atoms with Gasteiger partial charge in [0.2, 0.25) is 5.91 Å². The highest BCUT2D eigenvalue weighted by Crippen LogP contribution is 2.54. The van der Waals surface area contributed by atoms with Crippen LogP contribution < -0.4 is 5.32 Å². The average Bonchev–Trinajstić information content (AvgIpc) is 3.25. The minimum atomic E-state index is -0.884. The maximum Gasteiger partial charge on any atom is 0.303 e. The minimum absolute atomic E-state index is 0.194. The number of carbonyl (C=O) groups excluding carboxylic acids is 2.